The summed E-state index contributed by atoms with van der Waals surface area (Å²) in [4.78, 5) is 12.3. The van der Waals surface area contributed by atoms with Gasteiger partial charge in [-0.2, -0.15) is 10.2 Å². The summed E-state index contributed by atoms with van der Waals surface area (Å²) >= 11 is 0. The zero-order chi connectivity index (χ0) is 17.6. The molecular formula is C19H23N5O. The van der Waals surface area contributed by atoms with Gasteiger partial charge in [0.25, 0.3) is 5.91 Å². The van der Waals surface area contributed by atoms with Crippen molar-refractivity contribution in [1.82, 2.24) is 25.3 Å². The summed E-state index contributed by atoms with van der Waals surface area (Å²) in [5.74, 6) is -0.0389. The number of H-pyrrole nitrogens is 1. The fourth-order valence-corrected chi connectivity index (χ4v) is 2.90. The molecule has 0 aliphatic heterocycles. The van der Waals surface area contributed by atoms with Crippen molar-refractivity contribution in [2.75, 3.05) is 6.54 Å². The van der Waals surface area contributed by atoms with E-state index < -0.39 is 0 Å². The molecule has 3 rings (SSSR count). The summed E-state index contributed by atoms with van der Waals surface area (Å²) < 4.78 is 1.84. The van der Waals surface area contributed by atoms with Crippen LogP contribution in [0.15, 0.2) is 42.7 Å². The van der Waals surface area contributed by atoms with Crippen LogP contribution in [0.4, 0.5) is 0 Å². The van der Waals surface area contributed by atoms with Gasteiger partial charge in [0.1, 0.15) is 0 Å². The molecule has 25 heavy (non-hydrogen) atoms. The minimum atomic E-state index is -0.0389. The van der Waals surface area contributed by atoms with E-state index in [1.54, 1.807) is 6.20 Å². The first-order valence-electron chi connectivity index (χ1n) is 8.48. The van der Waals surface area contributed by atoms with E-state index in [-0.39, 0.29) is 5.91 Å². The number of hydrogen-bond acceptors (Lipinski definition) is 3. The molecule has 3 aromatic rings. The van der Waals surface area contributed by atoms with E-state index in [9.17, 15) is 4.79 Å². The maximum atomic E-state index is 12.3. The summed E-state index contributed by atoms with van der Waals surface area (Å²) in [6.45, 7) is 5.33. The molecule has 2 N–H and O–H groups in total. The molecule has 0 aliphatic carbocycles. The lowest BCUT2D eigenvalue weighted by molar-refractivity contribution is 0.0953. The molecule has 0 aliphatic rings. The van der Waals surface area contributed by atoms with Gasteiger partial charge in [-0.25, -0.2) is 0 Å². The van der Waals surface area contributed by atoms with E-state index in [0.717, 1.165) is 29.8 Å². The number of aromatic nitrogens is 4. The van der Waals surface area contributed by atoms with E-state index in [1.807, 2.05) is 55.1 Å². The average Bonchev–Trinajstić information content (AvgIpc) is 3.23. The Morgan fingerprint density at radius 2 is 2.16 bits per heavy atom. The molecule has 6 nitrogen and oxygen atoms in total. The smallest absolute Gasteiger partial charge is 0.251 e. The summed E-state index contributed by atoms with van der Waals surface area (Å²) in [6.07, 6.45) is 5.46. The third kappa shape index (κ3) is 4.35. The van der Waals surface area contributed by atoms with Gasteiger partial charge in [-0.1, -0.05) is 12.1 Å². The van der Waals surface area contributed by atoms with Crippen LogP contribution in [-0.4, -0.2) is 32.4 Å². The van der Waals surface area contributed by atoms with Gasteiger partial charge in [0, 0.05) is 30.2 Å². The second-order valence-corrected chi connectivity index (χ2v) is 6.18. The molecule has 0 spiro atoms. The lowest BCUT2D eigenvalue weighted by atomic mass is 10.1. The number of hydrogen-bond donors (Lipinski definition) is 2. The first-order valence-corrected chi connectivity index (χ1v) is 8.48. The zero-order valence-electron chi connectivity index (χ0n) is 14.6. The van der Waals surface area contributed by atoms with Crippen molar-refractivity contribution in [3.8, 4) is 0 Å². The summed E-state index contributed by atoms with van der Waals surface area (Å²) in [5, 5.41) is 14.4. The molecule has 0 fully saturated rings. The van der Waals surface area contributed by atoms with Gasteiger partial charge in [-0.15, -0.1) is 0 Å². The van der Waals surface area contributed by atoms with E-state index in [0.29, 0.717) is 18.7 Å². The Morgan fingerprint density at radius 1 is 1.28 bits per heavy atom. The quantitative estimate of drug-likeness (QED) is 0.651. The molecular weight excluding hydrogens is 314 g/mol. The summed E-state index contributed by atoms with van der Waals surface area (Å²) in [7, 11) is 0. The number of amides is 1. The summed E-state index contributed by atoms with van der Waals surface area (Å²) in [6, 6.07) is 9.56. The normalized spacial score (nSPS) is 10.8. The summed E-state index contributed by atoms with van der Waals surface area (Å²) in [5.41, 5.74) is 5.13. The molecule has 0 saturated heterocycles. The van der Waals surface area contributed by atoms with Gasteiger partial charge in [0.2, 0.25) is 0 Å². The van der Waals surface area contributed by atoms with E-state index in [4.69, 9.17) is 0 Å². The number of benzene rings is 1. The van der Waals surface area contributed by atoms with Gasteiger partial charge in [0.15, 0.2) is 0 Å². The molecule has 130 valence electrons. The van der Waals surface area contributed by atoms with Gasteiger partial charge < -0.3 is 5.32 Å². The molecule has 0 bridgehead atoms. The van der Waals surface area contributed by atoms with E-state index in [1.165, 1.54) is 5.56 Å². The van der Waals surface area contributed by atoms with Crippen LogP contribution < -0.4 is 5.32 Å². The number of aromatic amines is 1. The Labute approximate surface area is 147 Å². The Bertz CT molecular complexity index is 816. The maximum absolute atomic E-state index is 12.3. The van der Waals surface area contributed by atoms with Crippen LogP contribution in [0.2, 0.25) is 0 Å². The molecule has 0 radical (unpaired) electrons. The monoisotopic (exact) mass is 337 g/mol. The fraction of sp³-hybridized carbons (Fsp3) is 0.316. The minimum Gasteiger partial charge on any atom is -0.352 e. The second-order valence-electron chi connectivity index (χ2n) is 6.18. The zero-order valence-corrected chi connectivity index (χ0v) is 14.6. The number of rotatable bonds is 7. The van der Waals surface area contributed by atoms with E-state index in [2.05, 4.69) is 20.6 Å². The van der Waals surface area contributed by atoms with E-state index >= 15 is 0 Å². The number of aryl methyl sites for hydroxylation is 2. The number of carbonyl (C=O) groups excluding carboxylic acids is 1. The average molecular weight is 337 g/mol. The van der Waals surface area contributed by atoms with Crippen molar-refractivity contribution in [2.45, 2.75) is 33.2 Å². The second kappa shape index (κ2) is 7.79. The molecule has 0 saturated carbocycles. The topological polar surface area (TPSA) is 75.6 Å². The van der Waals surface area contributed by atoms with Crippen molar-refractivity contribution in [3.63, 3.8) is 0 Å². The highest BCUT2D eigenvalue weighted by Gasteiger charge is 2.08. The number of nitrogens with one attached hydrogen (secondary N) is 2. The molecule has 0 atom stereocenters. The SMILES string of the molecule is Cc1n[nH]c(C)c1CCCNC(=O)c1cccc(Cn2cccn2)c1. The van der Waals surface area contributed by atoms with Crippen LogP contribution in [0, 0.1) is 13.8 Å². The third-order valence-electron chi connectivity index (χ3n) is 4.26. The maximum Gasteiger partial charge on any atom is 0.251 e. The minimum absolute atomic E-state index is 0.0389. The first-order chi connectivity index (χ1) is 12.1. The molecule has 1 amide bonds. The van der Waals surface area contributed by atoms with Gasteiger partial charge in [0.05, 0.1) is 12.2 Å². The van der Waals surface area contributed by atoms with Crippen molar-refractivity contribution < 1.29 is 4.79 Å². The molecule has 6 heteroatoms. The number of carbonyl (C=O) groups is 1. The standard InChI is InChI=1S/C19H23N5O/c1-14-18(15(2)23-22-14)8-4-9-20-19(25)17-7-3-6-16(12-17)13-24-11-5-10-21-24/h3,5-7,10-12H,4,8-9,13H2,1-2H3,(H,20,25)(H,22,23). The predicted octanol–water partition coefficient (Wildman–Crippen LogP) is 2.63. The Morgan fingerprint density at radius 3 is 2.88 bits per heavy atom. The van der Waals surface area contributed by atoms with Crippen LogP contribution >= 0.6 is 0 Å². The number of nitrogens with zero attached hydrogens (tertiary/aromatic N) is 3. The van der Waals surface area contributed by atoms with Crippen molar-refractivity contribution in [2.24, 2.45) is 0 Å². The molecule has 0 unspecified atom stereocenters. The highest BCUT2D eigenvalue weighted by atomic mass is 16.1. The van der Waals surface area contributed by atoms with Crippen molar-refractivity contribution in [1.29, 1.82) is 0 Å². The predicted molar refractivity (Wildman–Crippen MR) is 96.5 cm³/mol. The van der Waals surface area contributed by atoms with Gasteiger partial charge >= 0.3 is 0 Å². The molecule has 2 aromatic heterocycles. The Balaban J connectivity index is 1.51. The van der Waals surface area contributed by atoms with Gasteiger partial charge in [-0.3, -0.25) is 14.6 Å². The third-order valence-corrected chi connectivity index (χ3v) is 4.26. The van der Waals surface area contributed by atoms with Crippen LogP contribution in [0.3, 0.4) is 0 Å². The Hall–Kier alpha value is -2.89. The Kier molecular flexibility index (Phi) is 5.28. The van der Waals surface area contributed by atoms with Crippen LogP contribution in [0.25, 0.3) is 0 Å². The lowest BCUT2D eigenvalue weighted by Gasteiger charge is -2.08. The van der Waals surface area contributed by atoms with Crippen LogP contribution in [-0.2, 0) is 13.0 Å². The largest absolute Gasteiger partial charge is 0.352 e. The molecule has 1 aromatic carbocycles. The van der Waals surface area contributed by atoms with Crippen molar-refractivity contribution >= 4 is 5.91 Å². The van der Waals surface area contributed by atoms with Crippen LogP contribution in [0.1, 0.15) is 39.3 Å². The van der Waals surface area contributed by atoms with Crippen LogP contribution in [0.5, 0.6) is 0 Å². The van der Waals surface area contributed by atoms with Gasteiger partial charge in [-0.05, 0) is 56.0 Å². The fourth-order valence-electron chi connectivity index (χ4n) is 2.90. The lowest BCUT2D eigenvalue weighted by Crippen LogP contribution is -2.25. The van der Waals surface area contributed by atoms with Crippen molar-refractivity contribution in [3.05, 3.63) is 70.8 Å². The first kappa shape index (κ1) is 17.0. The molecule has 2 heterocycles. The highest BCUT2D eigenvalue weighted by Crippen LogP contribution is 2.11. The highest BCUT2D eigenvalue weighted by molar-refractivity contribution is 5.94.